The predicted molar refractivity (Wildman–Crippen MR) is 390 cm³/mol. The summed E-state index contributed by atoms with van der Waals surface area (Å²) in [4.78, 5) is 0. The SMILES string of the molecule is CC(C)(C)c1cc2c3c4ccccc4c4ccccc4c3c3cc(C(C)(C)C)cc4c5c6ccccc6c6ccccc6c5c(c1)c2c34.CC(C)(C)c1cc2ccc3cc(C(C)(C)C)cc4ccc(c1)c2c34.COB(C)c1ccccc1-c1ccccc1. The molecule has 0 saturated heterocycles. The van der Waals surface area contributed by atoms with Gasteiger partial charge in [-0.05, 0) is 214 Å². The van der Waals surface area contributed by atoms with Gasteiger partial charge in [-0.25, -0.2) is 0 Å². The van der Waals surface area contributed by atoms with Crippen LogP contribution in [-0.4, -0.2) is 14.0 Å². The smallest absolute Gasteiger partial charge is 0.323 e. The minimum Gasteiger partial charge on any atom is -0.434 e. The molecule has 0 unspecified atom stereocenters. The second-order valence-corrected chi connectivity index (χ2v) is 29.1. The molecule has 0 aliphatic rings. The van der Waals surface area contributed by atoms with Gasteiger partial charge in [0.25, 0.3) is 0 Å². The molecule has 16 aromatic rings. The van der Waals surface area contributed by atoms with Crippen LogP contribution >= 0.6 is 0 Å². The van der Waals surface area contributed by atoms with Crippen molar-refractivity contribution in [1.29, 1.82) is 0 Å². The maximum absolute atomic E-state index is 5.40. The fourth-order valence-corrected chi connectivity index (χ4v) is 14.4. The Balaban J connectivity index is 0.000000140. The third-order valence-electron chi connectivity index (χ3n) is 19.3. The number of rotatable bonds is 3. The maximum atomic E-state index is 5.40. The van der Waals surface area contributed by atoms with Crippen molar-refractivity contribution in [3.8, 4) is 11.1 Å². The lowest BCUT2D eigenvalue weighted by Crippen LogP contribution is -2.30. The van der Waals surface area contributed by atoms with Gasteiger partial charge >= 0.3 is 6.92 Å². The molecule has 0 aliphatic heterocycles. The average Bonchev–Trinajstić information content (AvgIpc) is 0.714. The zero-order chi connectivity index (χ0) is 61.3. The molecule has 0 N–H and O–H groups in total. The maximum Gasteiger partial charge on any atom is 0.323 e. The second kappa shape index (κ2) is 20.9. The number of fused-ring (bicyclic) bond motifs is 16. The van der Waals surface area contributed by atoms with E-state index < -0.39 is 0 Å². The molecule has 0 aromatic heterocycles. The van der Waals surface area contributed by atoms with Gasteiger partial charge in [-0.1, -0.05) is 290 Å². The van der Waals surface area contributed by atoms with Crippen molar-refractivity contribution in [2.45, 2.75) is 112 Å². The first-order valence-corrected chi connectivity index (χ1v) is 31.7. The minimum absolute atomic E-state index is 0.0260. The number of hydrogen-bond donors (Lipinski definition) is 0. The molecule has 432 valence electrons. The Bertz CT molecular complexity index is 4860. The van der Waals surface area contributed by atoms with Crippen molar-refractivity contribution in [1.82, 2.24) is 0 Å². The fraction of sp³-hybridized carbons (Fsp3) is 0.209. The minimum atomic E-state index is -0.0260. The van der Waals surface area contributed by atoms with Crippen LogP contribution in [0, 0.1) is 0 Å². The Morgan fingerprint density at radius 3 is 0.795 bits per heavy atom. The molecule has 2 heteroatoms. The zero-order valence-corrected chi connectivity index (χ0v) is 53.8. The quantitative estimate of drug-likeness (QED) is 0.0973. The summed E-state index contributed by atoms with van der Waals surface area (Å²) >= 11 is 0. The molecule has 0 saturated carbocycles. The van der Waals surface area contributed by atoms with E-state index in [0.29, 0.717) is 0 Å². The third kappa shape index (κ3) is 9.41. The van der Waals surface area contributed by atoms with Gasteiger partial charge in [-0.3, -0.25) is 0 Å². The lowest BCUT2D eigenvalue weighted by Gasteiger charge is -2.27. The molecule has 0 amide bonds. The van der Waals surface area contributed by atoms with E-state index in [0.717, 1.165) is 0 Å². The van der Waals surface area contributed by atoms with Crippen molar-refractivity contribution < 1.29 is 4.65 Å². The van der Waals surface area contributed by atoms with Gasteiger partial charge in [0.2, 0.25) is 0 Å². The normalized spacial score (nSPS) is 12.7. The van der Waals surface area contributed by atoms with E-state index in [1.165, 1.54) is 168 Å². The molecule has 1 nitrogen and oxygen atoms in total. The van der Waals surface area contributed by atoms with Crippen LogP contribution in [0.5, 0.6) is 0 Å². The molecule has 0 bridgehead atoms. The topological polar surface area (TPSA) is 9.23 Å². The zero-order valence-electron chi connectivity index (χ0n) is 53.8. The van der Waals surface area contributed by atoms with Crippen LogP contribution in [0.1, 0.15) is 105 Å². The summed E-state index contributed by atoms with van der Waals surface area (Å²) in [6.07, 6.45) is 0. The Morgan fingerprint density at radius 2 is 0.500 bits per heavy atom. The first kappa shape index (κ1) is 57.0. The van der Waals surface area contributed by atoms with Crippen LogP contribution in [-0.2, 0) is 26.3 Å². The van der Waals surface area contributed by atoms with E-state index in [1.54, 1.807) is 7.11 Å². The summed E-state index contributed by atoms with van der Waals surface area (Å²) in [6.45, 7) is 30.1. The summed E-state index contributed by atoms with van der Waals surface area (Å²) in [5.41, 5.74) is 9.57. The van der Waals surface area contributed by atoms with E-state index in [1.807, 2.05) is 6.07 Å². The Morgan fingerprint density at radius 1 is 0.250 bits per heavy atom. The van der Waals surface area contributed by atoms with E-state index >= 15 is 0 Å². The van der Waals surface area contributed by atoms with Gasteiger partial charge < -0.3 is 4.65 Å². The predicted octanol–water partition coefficient (Wildman–Crippen LogP) is 24.1. The van der Waals surface area contributed by atoms with Crippen LogP contribution < -0.4 is 5.46 Å². The molecule has 16 rings (SSSR count). The number of benzene rings is 16. The molecule has 0 heterocycles. The lowest BCUT2D eigenvalue weighted by atomic mass is 9.61. The van der Waals surface area contributed by atoms with E-state index in [2.05, 4.69) is 308 Å². The largest absolute Gasteiger partial charge is 0.434 e. The van der Waals surface area contributed by atoms with E-state index in [9.17, 15) is 0 Å². The molecule has 0 spiro atoms. The number of hydrogen-bond acceptors (Lipinski definition) is 1. The molecule has 0 aliphatic carbocycles. The molecular formula is C86H79BO. The van der Waals surface area contributed by atoms with Crippen LogP contribution in [0.15, 0.2) is 224 Å². The van der Waals surface area contributed by atoms with Crippen LogP contribution in [0.3, 0.4) is 0 Å². The van der Waals surface area contributed by atoms with E-state index in [4.69, 9.17) is 4.65 Å². The van der Waals surface area contributed by atoms with Crippen LogP contribution in [0.25, 0.3) is 140 Å². The third-order valence-corrected chi connectivity index (χ3v) is 19.3. The summed E-state index contributed by atoms with van der Waals surface area (Å²) in [6, 6.07) is 84.0. The van der Waals surface area contributed by atoms with Gasteiger partial charge in [0, 0.05) is 7.11 Å². The van der Waals surface area contributed by atoms with Gasteiger partial charge in [0.1, 0.15) is 0 Å². The van der Waals surface area contributed by atoms with Crippen LogP contribution in [0.4, 0.5) is 0 Å². The first-order chi connectivity index (χ1) is 42.1. The molecule has 0 fully saturated rings. The lowest BCUT2D eigenvalue weighted by molar-refractivity contribution is 0.435. The highest BCUT2D eigenvalue weighted by Gasteiger charge is 2.28. The Kier molecular flexibility index (Phi) is 13.5. The summed E-state index contributed by atoms with van der Waals surface area (Å²) in [7, 11) is 1.74. The van der Waals surface area contributed by atoms with Crippen molar-refractivity contribution in [2.24, 2.45) is 0 Å². The van der Waals surface area contributed by atoms with E-state index in [-0.39, 0.29) is 28.6 Å². The summed E-state index contributed by atoms with van der Waals surface area (Å²) < 4.78 is 5.40. The molecular weight excluding hydrogens is 1060 g/mol. The Labute approximate surface area is 519 Å². The van der Waals surface area contributed by atoms with Gasteiger partial charge in [-0.2, -0.15) is 0 Å². The van der Waals surface area contributed by atoms with Gasteiger partial charge in [0.15, 0.2) is 0 Å². The highest BCUT2D eigenvalue weighted by atomic mass is 16.4. The van der Waals surface area contributed by atoms with Gasteiger partial charge in [-0.15, -0.1) is 0 Å². The van der Waals surface area contributed by atoms with Crippen molar-refractivity contribution in [2.75, 3.05) is 7.11 Å². The van der Waals surface area contributed by atoms with Crippen molar-refractivity contribution in [3.63, 3.8) is 0 Å². The second-order valence-electron chi connectivity index (χ2n) is 29.1. The molecule has 0 radical (unpaired) electrons. The average molecular weight is 1140 g/mol. The highest BCUT2D eigenvalue weighted by molar-refractivity contribution is 6.67. The fourth-order valence-electron chi connectivity index (χ4n) is 14.4. The monoisotopic (exact) mass is 1140 g/mol. The Hall–Kier alpha value is -8.82. The molecule has 88 heavy (non-hydrogen) atoms. The molecule has 0 atom stereocenters. The first-order valence-electron chi connectivity index (χ1n) is 31.7. The van der Waals surface area contributed by atoms with Crippen molar-refractivity contribution >= 4 is 142 Å². The molecule has 16 aromatic carbocycles. The van der Waals surface area contributed by atoms with Crippen molar-refractivity contribution in [3.05, 3.63) is 247 Å². The summed E-state index contributed by atoms with van der Waals surface area (Å²) in [5, 5.41) is 32.7. The summed E-state index contributed by atoms with van der Waals surface area (Å²) in [5.74, 6) is 0. The highest BCUT2D eigenvalue weighted by Crippen LogP contribution is 2.53. The van der Waals surface area contributed by atoms with Crippen LogP contribution in [0.2, 0.25) is 6.82 Å². The van der Waals surface area contributed by atoms with Gasteiger partial charge in [0.05, 0.1) is 0 Å². The standard InChI is InChI=1S/C48H38.C24H26.C14H15BO/c1-47(2,3)27-23-37-41-33-19-11-7-15-29(33)31-17-9-13-21-35(31)43(41)39-25-28(48(4,5)6)26-40-44-36-22-14-10-18-32(36)30-16-8-12-20-34(30)42(44)38(24-27)45(37)46(39)40;1-23(2,3)19-11-15-7-9-17-13-20(24(4,5)6)14-18-10-8-16(12-19)21(15)22(17)18;1-15(16-2)14-11-7-6-10-13(14)12-8-4-3-5-9-12/h7-26H,1-6H3;7-14H,1-6H3;3-11H,1-2H3.